The van der Waals surface area contributed by atoms with E-state index in [1.165, 1.54) is 12.1 Å². The van der Waals surface area contributed by atoms with Crippen LogP contribution in [0.1, 0.15) is 5.56 Å². The average Bonchev–Trinajstić information content (AvgIpc) is 2.58. The predicted molar refractivity (Wildman–Crippen MR) is 86.0 cm³/mol. The Morgan fingerprint density at radius 2 is 1.74 bits per heavy atom. The molecule has 2 aliphatic rings. The topological polar surface area (TPSA) is 36.0 Å². The number of amides is 2. The Labute approximate surface area is 140 Å². The van der Waals surface area contributed by atoms with Gasteiger partial charge in [-0.15, -0.1) is 0 Å². The Kier molecular flexibility index (Phi) is 5.35. The maximum atomic E-state index is 13.1. The van der Waals surface area contributed by atoms with Gasteiger partial charge in [-0.2, -0.15) is 0 Å². The molecule has 1 aromatic carbocycles. The molecule has 0 unspecified atom stereocenters. The molecule has 0 spiro atoms. The van der Waals surface area contributed by atoms with Crippen LogP contribution >= 0.6 is 11.6 Å². The Balaban J connectivity index is 1.51. The first-order chi connectivity index (χ1) is 11.1. The molecule has 2 fully saturated rings. The number of carbonyl (C=O) groups excluding carboxylic acids is 1. The lowest BCUT2D eigenvalue weighted by molar-refractivity contribution is 0.0373. The standard InChI is InChI=1S/C16H21ClFN3O2/c17-15-11-14(18)2-1-13(15)12-19-3-5-20(6-4-19)16(22)21-7-9-23-10-8-21/h1-2,11H,3-10,12H2. The van der Waals surface area contributed by atoms with Crippen LogP contribution in [0, 0.1) is 5.82 Å². The Morgan fingerprint density at radius 3 is 2.39 bits per heavy atom. The van der Waals surface area contributed by atoms with Crippen LogP contribution in [0.25, 0.3) is 0 Å². The van der Waals surface area contributed by atoms with Crippen LogP contribution in [0.3, 0.4) is 0 Å². The van der Waals surface area contributed by atoms with Crippen molar-refractivity contribution in [2.75, 3.05) is 52.5 Å². The number of hydrogen-bond donors (Lipinski definition) is 0. The third-order valence-electron chi connectivity index (χ3n) is 4.33. The predicted octanol–water partition coefficient (Wildman–Crippen LogP) is 2.05. The lowest BCUT2D eigenvalue weighted by Crippen LogP contribution is -2.54. The molecule has 2 amide bonds. The summed E-state index contributed by atoms with van der Waals surface area (Å²) in [6.07, 6.45) is 0. The fraction of sp³-hybridized carbons (Fsp3) is 0.562. The van der Waals surface area contributed by atoms with E-state index in [1.807, 2.05) is 9.80 Å². The van der Waals surface area contributed by atoms with Crippen molar-refractivity contribution in [3.05, 3.63) is 34.6 Å². The summed E-state index contributed by atoms with van der Waals surface area (Å²) >= 11 is 6.08. The number of nitrogens with zero attached hydrogens (tertiary/aromatic N) is 3. The van der Waals surface area contributed by atoms with E-state index in [0.29, 0.717) is 51.0 Å². The van der Waals surface area contributed by atoms with Gasteiger partial charge in [0.25, 0.3) is 0 Å². The average molecular weight is 342 g/mol. The molecule has 0 radical (unpaired) electrons. The van der Waals surface area contributed by atoms with E-state index < -0.39 is 0 Å². The van der Waals surface area contributed by atoms with Crippen molar-refractivity contribution in [3.8, 4) is 0 Å². The summed E-state index contributed by atoms with van der Waals surface area (Å²) in [7, 11) is 0. The maximum Gasteiger partial charge on any atom is 0.320 e. The number of benzene rings is 1. The van der Waals surface area contributed by atoms with Gasteiger partial charge in [0.05, 0.1) is 13.2 Å². The smallest absolute Gasteiger partial charge is 0.320 e. The first kappa shape index (κ1) is 16.5. The van der Waals surface area contributed by atoms with E-state index in [9.17, 15) is 9.18 Å². The number of carbonyl (C=O) groups is 1. The monoisotopic (exact) mass is 341 g/mol. The van der Waals surface area contributed by atoms with E-state index in [0.717, 1.165) is 18.7 Å². The van der Waals surface area contributed by atoms with Gasteiger partial charge < -0.3 is 14.5 Å². The highest BCUT2D eigenvalue weighted by molar-refractivity contribution is 6.31. The normalized spacial score (nSPS) is 19.9. The maximum absolute atomic E-state index is 13.1. The molecule has 126 valence electrons. The van der Waals surface area contributed by atoms with Crippen molar-refractivity contribution in [1.82, 2.24) is 14.7 Å². The minimum Gasteiger partial charge on any atom is -0.378 e. The van der Waals surface area contributed by atoms with Crippen LogP contribution in [-0.4, -0.2) is 73.2 Å². The number of piperazine rings is 1. The van der Waals surface area contributed by atoms with Gasteiger partial charge >= 0.3 is 6.03 Å². The number of urea groups is 1. The number of hydrogen-bond acceptors (Lipinski definition) is 3. The minimum absolute atomic E-state index is 0.104. The molecular formula is C16H21ClFN3O2. The first-order valence-electron chi connectivity index (χ1n) is 7.91. The van der Waals surface area contributed by atoms with Crippen LogP contribution in [0.4, 0.5) is 9.18 Å². The molecule has 0 aliphatic carbocycles. The number of morpholine rings is 1. The Morgan fingerprint density at radius 1 is 1.09 bits per heavy atom. The molecule has 2 saturated heterocycles. The van der Waals surface area contributed by atoms with Gasteiger partial charge in [0, 0.05) is 50.8 Å². The molecule has 0 N–H and O–H groups in total. The van der Waals surface area contributed by atoms with Crippen LogP contribution in [-0.2, 0) is 11.3 Å². The van der Waals surface area contributed by atoms with E-state index >= 15 is 0 Å². The second-order valence-corrected chi connectivity index (χ2v) is 6.29. The van der Waals surface area contributed by atoms with Crippen LogP contribution in [0.5, 0.6) is 0 Å². The van der Waals surface area contributed by atoms with Gasteiger partial charge in [-0.25, -0.2) is 9.18 Å². The van der Waals surface area contributed by atoms with Gasteiger partial charge in [-0.05, 0) is 17.7 Å². The number of halogens is 2. The molecule has 1 aromatic rings. The van der Waals surface area contributed by atoms with Crippen molar-refractivity contribution in [2.45, 2.75) is 6.54 Å². The second-order valence-electron chi connectivity index (χ2n) is 5.88. The number of ether oxygens (including phenoxy) is 1. The lowest BCUT2D eigenvalue weighted by Gasteiger charge is -2.38. The second kappa shape index (κ2) is 7.47. The molecule has 0 atom stereocenters. The molecule has 23 heavy (non-hydrogen) atoms. The van der Waals surface area contributed by atoms with Crippen molar-refractivity contribution in [2.24, 2.45) is 0 Å². The Bertz CT molecular complexity index is 558. The fourth-order valence-electron chi connectivity index (χ4n) is 2.94. The summed E-state index contributed by atoms with van der Waals surface area (Å²) in [6.45, 7) is 6.26. The molecule has 0 saturated carbocycles. The van der Waals surface area contributed by atoms with Crippen LogP contribution in [0.2, 0.25) is 5.02 Å². The fourth-order valence-corrected chi connectivity index (χ4v) is 3.17. The zero-order chi connectivity index (χ0) is 16.2. The third-order valence-corrected chi connectivity index (χ3v) is 4.69. The summed E-state index contributed by atoms with van der Waals surface area (Å²) < 4.78 is 18.4. The third kappa shape index (κ3) is 4.13. The van der Waals surface area contributed by atoms with Gasteiger partial charge in [-0.1, -0.05) is 17.7 Å². The van der Waals surface area contributed by atoms with E-state index in [1.54, 1.807) is 6.07 Å². The van der Waals surface area contributed by atoms with E-state index in [2.05, 4.69) is 4.90 Å². The van der Waals surface area contributed by atoms with Crippen LogP contribution < -0.4 is 0 Å². The highest BCUT2D eigenvalue weighted by atomic mass is 35.5. The van der Waals surface area contributed by atoms with Crippen molar-refractivity contribution in [3.63, 3.8) is 0 Å². The van der Waals surface area contributed by atoms with Gasteiger partial charge in [0.2, 0.25) is 0 Å². The molecule has 2 heterocycles. The highest BCUT2D eigenvalue weighted by Gasteiger charge is 2.26. The molecule has 7 heteroatoms. The lowest BCUT2D eigenvalue weighted by atomic mass is 10.2. The van der Waals surface area contributed by atoms with Gasteiger partial charge in [0.15, 0.2) is 0 Å². The van der Waals surface area contributed by atoms with E-state index in [4.69, 9.17) is 16.3 Å². The van der Waals surface area contributed by atoms with Crippen molar-refractivity contribution < 1.29 is 13.9 Å². The zero-order valence-electron chi connectivity index (χ0n) is 13.0. The summed E-state index contributed by atoms with van der Waals surface area (Å²) in [4.78, 5) is 18.4. The first-order valence-corrected chi connectivity index (χ1v) is 8.29. The molecule has 3 rings (SSSR count). The zero-order valence-corrected chi connectivity index (χ0v) is 13.8. The minimum atomic E-state index is -0.320. The molecule has 0 bridgehead atoms. The van der Waals surface area contributed by atoms with Gasteiger partial charge in [0.1, 0.15) is 5.82 Å². The summed E-state index contributed by atoms with van der Waals surface area (Å²) in [5.74, 6) is -0.320. The number of rotatable bonds is 2. The molecule has 2 aliphatic heterocycles. The molecule has 0 aromatic heterocycles. The quantitative estimate of drug-likeness (QED) is 0.826. The summed E-state index contributed by atoms with van der Waals surface area (Å²) in [6, 6.07) is 4.60. The van der Waals surface area contributed by atoms with Crippen LogP contribution in [0.15, 0.2) is 18.2 Å². The summed E-state index contributed by atoms with van der Waals surface area (Å²) in [5, 5.41) is 0.455. The highest BCUT2D eigenvalue weighted by Crippen LogP contribution is 2.20. The van der Waals surface area contributed by atoms with Crippen molar-refractivity contribution in [1.29, 1.82) is 0 Å². The summed E-state index contributed by atoms with van der Waals surface area (Å²) in [5.41, 5.74) is 0.918. The van der Waals surface area contributed by atoms with E-state index in [-0.39, 0.29) is 11.8 Å². The largest absolute Gasteiger partial charge is 0.378 e. The molecule has 5 nitrogen and oxygen atoms in total. The molecular weight excluding hydrogens is 321 g/mol. The van der Waals surface area contributed by atoms with Crippen molar-refractivity contribution >= 4 is 17.6 Å². The SMILES string of the molecule is O=C(N1CCOCC1)N1CCN(Cc2ccc(F)cc2Cl)CC1. The Hall–Kier alpha value is -1.37. The van der Waals surface area contributed by atoms with Gasteiger partial charge in [-0.3, -0.25) is 4.90 Å².